The molecule has 0 spiro atoms. The Morgan fingerprint density at radius 2 is 2.29 bits per heavy atom. The zero-order valence-corrected chi connectivity index (χ0v) is 9.80. The minimum Gasteiger partial charge on any atom is -0.465 e. The van der Waals surface area contributed by atoms with Gasteiger partial charge < -0.3 is 5.11 Å². The van der Waals surface area contributed by atoms with E-state index in [0.717, 1.165) is 0 Å². The van der Waals surface area contributed by atoms with Gasteiger partial charge in [-0.3, -0.25) is 9.69 Å². The van der Waals surface area contributed by atoms with Crippen LogP contribution in [0.3, 0.4) is 0 Å². The molecular formula is C12H14N2O3. The van der Waals surface area contributed by atoms with Gasteiger partial charge in [0.15, 0.2) is 5.78 Å². The third-order valence-corrected chi connectivity index (χ3v) is 3.01. The summed E-state index contributed by atoms with van der Waals surface area (Å²) < 4.78 is 0. The Bertz CT molecular complexity index is 485. The number of aryl methyl sites for hydroxylation is 1. The van der Waals surface area contributed by atoms with Crippen molar-refractivity contribution in [3.63, 3.8) is 0 Å². The van der Waals surface area contributed by atoms with E-state index >= 15 is 0 Å². The van der Waals surface area contributed by atoms with E-state index in [0.29, 0.717) is 17.7 Å². The van der Waals surface area contributed by atoms with E-state index in [1.54, 1.807) is 19.1 Å². The maximum atomic E-state index is 11.9. The second-order valence-corrected chi connectivity index (χ2v) is 4.17. The topological polar surface area (TPSA) is 70.5 Å². The van der Waals surface area contributed by atoms with Crippen LogP contribution in [0, 0.1) is 6.92 Å². The SMILES string of the molecule is CCC1CC(=O)c2ccc(C)nc2N1C(=O)O. The molecule has 0 aromatic carbocycles. The Kier molecular flexibility index (Phi) is 2.83. The van der Waals surface area contributed by atoms with Gasteiger partial charge in [0.1, 0.15) is 5.82 Å². The third kappa shape index (κ3) is 1.88. The molecule has 0 radical (unpaired) electrons. The standard InChI is InChI=1S/C12H14N2O3/c1-3-8-6-10(15)9-5-4-7(2)13-11(9)14(8)12(16)17/h4-5,8H,3,6H2,1-2H3,(H,16,17). The van der Waals surface area contributed by atoms with Crippen molar-refractivity contribution in [1.29, 1.82) is 0 Å². The Morgan fingerprint density at radius 1 is 1.59 bits per heavy atom. The normalized spacial score (nSPS) is 19.1. The molecular weight excluding hydrogens is 220 g/mol. The molecule has 2 rings (SSSR count). The average molecular weight is 234 g/mol. The highest BCUT2D eigenvalue weighted by Crippen LogP contribution is 2.30. The van der Waals surface area contributed by atoms with Crippen LogP contribution in [0.4, 0.5) is 10.6 Å². The summed E-state index contributed by atoms with van der Waals surface area (Å²) in [5, 5.41) is 9.24. The number of anilines is 1. The fourth-order valence-corrected chi connectivity index (χ4v) is 2.11. The monoisotopic (exact) mass is 234 g/mol. The van der Waals surface area contributed by atoms with E-state index in [9.17, 15) is 14.7 Å². The summed E-state index contributed by atoms with van der Waals surface area (Å²) in [6.45, 7) is 3.65. The van der Waals surface area contributed by atoms with Gasteiger partial charge in [0, 0.05) is 18.2 Å². The number of ketones is 1. The molecule has 0 aliphatic carbocycles. The summed E-state index contributed by atoms with van der Waals surface area (Å²) in [5.74, 6) is 0.248. The smallest absolute Gasteiger partial charge is 0.413 e. The van der Waals surface area contributed by atoms with Crippen molar-refractivity contribution in [2.75, 3.05) is 4.90 Å². The average Bonchev–Trinajstić information content (AvgIpc) is 2.27. The predicted molar refractivity (Wildman–Crippen MR) is 62.5 cm³/mol. The van der Waals surface area contributed by atoms with Crippen molar-refractivity contribution in [2.24, 2.45) is 0 Å². The largest absolute Gasteiger partial charge is 0.465 e. The minimum atomic E-state index is -1.05. The molecule has 1 atom stereocenters. The number of carbonyl (C=O) groups is 2. The summed E-state index contributed by atoms with van der Waals surface area (Å²) >= 11 is 0. The second kappa shape index (κ2) is 4.16. The van der Waals surface area contributed by atoms with E-state index < -0.39 is 6.09 Å². The molecule has 0 bridgehead atoms. The van der Waals surface area contributed by atoms with Crippen molar-refractivity contribution in [3.8, 4) is 0 Å². The highest BCUT2D eigenvalue weighted by Gasteiger charge is 2.35. The minimum absolute atomic E-state index is 0.0307. The fraction of sp³-hybridized carbons (Fsp3) is 0.417. The first kappa shape index (κ1) is 11.6. The molecule has 1 unspecified atom stereocenters. The maximum absolute atomic E-state index is 11.9. The molecule has 0 fully saturated rings. The van der Waals surface area contributed by atoms with Crippen LogP contribution in [0.5, 0.6) is 0 Å². The van der Waals surface area contributed by atoms with E-state index in [1.165, 1.54) is 4.90 Å². The number of aromatic nitrogens is 1. The predicted octanol–water partition coefficient (Wildman–Crippen LogP) is 2.24. The van der Waals surface area contributed by atoms with Gasteiger partial charge in [0.05, 0.1) is 5.56 Å². The number of rotatable bonds is 1. The zero-order chi connectivity index (χ0) is 12.6. The molecule has 1 aromatic heterocycles. The van der Waals surface area contributed by atoms with Crippen molar-refractivity contribution in [2.45, 2.75) is 32.7 Å². The molecule has 0 saturated carbocycles. The lowest BCUT2D eigenvalue weighted by Gasteiger charge is -2.32. The summed E-state index contributed by atoms with van der Waals surface area (Å²) in [4.78, 5) is 28.6. The first-order valence-electron chi connectivity index (χ1n) is 5.57. The molecule has 1 aromatic rings. The van der Waals surface area contributed by atoms with Gasteiger partial charge in [-0.05, 0) is 25.5 Å². The van der Waals surface area contributed by atoms with Gasteiger partial charge in [-0.1, -0.05) is 6.92 Å². The van der Waals surface area contributed by atoms with Crippen molar-refractivity contribution in [3.05, 3.63) is 23.4 Å². The van der Waals surface area contributed by atoms with Gasteiger partial charge in [0.25, 0.3) is 0 Å². The molecule has 1 aliphatic heterocycles. The maximum Gasteiger partial charge on any atom is 0.413 e. The number of hydrogen-bond donors (Lipinski definition) is 1. The molecule has 90 valence electrons. The number of carboxylic acid groups (broad SMARTS) is 1. The zero-order valence-electron chi connectivity index (χ0n) is 9.80. The van der Waals surface area contributed by atoms with E-state index in [1.807, 2.05) is 6.92 Å². The van der Waals surface area contributed by atoms with E-state index in [2.05, 4.69) is 4.98 Å². The van der Waals surface area contributed by atoms with Crippen LogP contribution in [0.2, 0.25) is 0 Å². The molecule has 2 heterocycles. The molecule has 5 nitrogen and oxygen atoms in total. The molecule has 17 heavy (non-hydrogen) atoms. The number of amides is 1. The van der Waals surface area contributed by atoms with E-state index in [4.69, 9.17) is 0 Å². The van der Waals surface area contributed by atoms with Gasteiger partial charge in [-0.15, -0.1) is 0 Å². The van der Waals surface area contributed by atoms with Gasteiger partial charge >= 0.3 is 6.09 Å². The first-order chi connectivity index (χ1) is 8.04. The van der Waals surface area contributed by atoms with Crippen LogP contribution >= 0.6 is 0 Å². The quantitative estimate of drug-likeness (QED) is 0.808. The van der Waals surface area contributed by atoms with Crippen LogP contribution in [0.15, 0.2) is 12.1 Å². The molecule has 1 aliphatic rings. The number of Topliss-reactive ketones (excluding diaryl/α,β-unsaturated/α-hetero) is 1. The molecule has 1 amide bonds. The summed E-state index contributed by atoms with van der Waals surface area (Å²) in [5.41, 5.74) is 1.11. The lowest BCUT2D eigenvalue weighted by atomic mass is 9.96. The second-order valence-electron chi connectivity index (χ2n) is 4.17. The first-order valence-corrected chi connectivity index (χ1v) is 5.57. The van der Waals surface area contributed by atoms with Gasteiger partial charge in [0.2, 0.25) is 0 Å². The number of carbonyl (C=O) groups excluding carboxylic acids is 1. The lowest BCUT2D eigenvalue weighted by Crippen LogP contribution is -2.45. The summed E-state index contributed by atoms with van der Waals surface area (Å²) in [6, 6.07) is 3.08. The van der Waals surface area contributed by atoms with Crippen LogP contribution in [0.1, 0.15) is 35.8 Å². The lowest BCUT2D eigenvalue weighted by molar-refractivity contribution is 0.0964. The molecule has 1 N–H and O–H groups in total. The van der Waals surface area contributed by atoms with Gasteiger partial charge in [-0.2, -0.15) is 0 Å². The van der Waals surface area contributed by atoms with Crippen molar-refractivity contribution in [1.82, 2.24) is 4.98 Å². The molecule has 5 heteroatoms. The Hall–Kier alpha value is -1.91. The molecule has 0 saturated heterocycles. The van der Waals surface area contributed by atoms with E-state index in [-0.39, 0.29) is 24.1 Å². The summed E-state index contributed by atoms with van der Waals surface area (Å²) in [6.07, 6.45) is -0.211. The van der Waals surface area contributed by atoms with Crippen molar-refractivity contribution < 1.29 is 14.7 Å². The van der Waals surface area contributed by atoms with Gasteiger partial charge in [-0.25, -0.2) is 9.78 Å². The number of fused-ring (bicyclic) bond motifs is 1. The van der Waals surface area contributed by atoms with Crippen LogP contribution in [-0.2, 0) is 0 Å². The van der Waals surface area contributed by atoms with Crippen LogP contribution < -0.4 is 4.90 Å². The van der Waals surface area contributed by atoms with Crippen molar-refractivity contribution >= 4 is 17.7 Å². The number of hydrogen-bond acceptors (Lipinski definition) is 3. The Labute approximate surface area is 99.1 Å². The summed E-state index contributed by atoms with van der Waals surface area (Å²) in [7, 11) is 0. The number of nitrogens with zero attached hydrogens (tertiary/aromatic N) is 2. The number of pyridine rings is 1. The van der Waals surface area contributed by atoms with Crippen LogP contribution in [-0.4, -0.2) is 28.0 Å². The van der Waals surface area contributed by atoms with Crippen LogP contribution in [0.25, 0.3) is 0 Å². The fourth-order valence-electron chi connectivity index (χ4n) is 2.11. The Morgan fingerprint density at radius 3 is 2.88 bits per heavy atom. The third-order valence-electron chi connectivity index (χ3n) is 3.01. The highest BCUT2D eigenvalue weighted by atomic mass is 16.4. The highest BCUT2D eigenvalue weighted by molar-refractivity contribution is 6.06. The Balaban J connectivity index is 2.58.